The van der Waals surface area contributed by atoms with Gasteiger partial charge in [0.05, 0.1) is 23.0 Å². The lowest BCUT2D eigenvalue weighted by Gasteiger charge is -2.39. The van der Waals surface area contributed by atoms with E-state index in [1.54, 1.807) is 0 Å². The van der Waals surface area contributed by atoms with Gasteiger partial charge in [0.25, 0.3) is 0 Å². The first-order valence-electron chi connectivity index (χ1n) is 10.1. The molecule has 1 unspecified atom stereocenters. The minimum Gasteiger partial charge on any atom is -0.369 e. The summed E-state index contributed by atoms with van der Waals surface area (Å²) < 4.78 is 0. The Balaban J connectivity index is 1.44. The molecule has 1 N–H and O–H groups in total. The van der Waals surface area contributed by atoms with Crippen molar-refractivity contribution in [2.45, 2.75) is 18.9 Å². The van der Waals surface area contributed by atoms with E-state index in [4.69, 9.17) is 5.41 Å². The predicted molar refractivity (Wildman–Crippen MR) is 117 cm³/mol. The number of piperazine rings is 1. The van der Waals surface area contributed by atoms with E-state index in [0.29, 0.717) is 5.69 Å². The van der Waals surface area contributed by atoms with Gasteiger partial charge in [-0.25, -0.2) is 4.98 Å². The molecule has 2 aliphatic rings. The summed E-state index contributed by atoms with van der Waals surface area (Å²) in [5, 5.41) is 19.4. The average Bonchev–Trinajstić information content (AvgIpc) is 2.79. The lowest BCUT2D eigenvalue weighted by atomic mass is 10.0. The van der Waals surface area contributed by atoms with Crippen LogP contribution in [0.1, 0.15) is 18.5 Å². The van der Waals surface area contributed by atoms with E-state index in [1.807, 2.05) is 36.4 Å². The average molecular weight is 383 g/mol. The fourth-order valence-electron chi connectivity index (χ4n) is 3.94. The van der Waals surface area contributed by atoms with Crippen LogP contribution in [0, 0.1) is 16.7 Å². The topological polar surface area (TPSA) is 67.0 Å². The summed E-state index contributed by atoms with van der Waals surface area (Å²) >= 11 is 0. The molecule has 146 valence electrons. The van der Waals surface area contributed by atoms with Crippen LogP contribution in [0.5, 0.6) is 0 Å². The van der Waals surface area contributed by atoms with Gasteiger partial charge >= 0.3 is 0 Å². The van der Waals surface area contributed by atoms with Crippen LogP contribution in [0.15, 0.2) is 72.5 Å². The largest absolute Gasteiger partial charge is 0.369 e. The molecule has 1 aliphatic heterocycles. The maximum Gasteiger partial charge on any atom is 0.142 e. The molecule has 1 aliphatic carbocycles. The summed E-state index contributed by atoms with van der Waals surface area (Å²) in [6.07, 6.45) is 8.75. The van der Waals surface area contributed by atoms with Crippen molar-refractivity contribution in [1.29, 1.82) is 10.7 Å². The number of aromatic nitrogens is 1. The maximum atomic E-state index is 9.79. The Kier molecular flexibility index (Phi) is 5.55. The van der Waals surface area contributed by atoms with Gasteiger partial charge in [0.2, 0.25) is 0 Å². The fraction of sp³-hybridized carbons (Fsp3) is 0.292. The second-order valence-corrected chi connectivity index (χ2v) is 7.44. The molecule has 1 saturated heterocycles. The van der Waals surface area contributed by atoms with Crippen LogP contribution in [0.3, 0.4) is 0 Å². The fourth-order valence-corrected chi connectivity index (χ4v) is 3.94. The summed E-state index contributed by atoms with van der Waals surface area (Å²) in [6.45, 7) is 7.34. The lowest BCUT2D eigenvalue weighted by molar-refractivity contribution is 0.160. The summed E-state index contributed by atoms with van der Waals surface area (Å²) in [5.74, 6) is 0. The van der Waals surface area contributed by atoms with Gasteiger partial charge in [-0.05, 0) is 30.5 Å². The Morgan fingerprint density at radius 2 is 1.90 bits per heavy atom. The first kappa shape index (κ1) is 19.1. The number of fused-ring (bicyclic) bond motifs is 1. The van der Waals surface area contributed by atoms with Gasteiger partial charge in [0, 0.05) is 37.3 Å². The Morgan fingerprint density at radius 3 is 2.62 bits per heavy atom. The zero-order chi connectivity index (χ0) is 20.2. The van der Waals surface area contributed by atoms with Gasteiger partial charge < -0.3 is 10.3 Å². The number of nitrogens with zero attached hydrogens (tertiary/aromatic N) is 4. The smallest absolute Gasteiger partial charge is 0.142 e. The molecule has 0 saturated carbocycles. The standard InChI is InChI=1S/C24H25N5/c1-18(19-7-3-2-4-8-19)28-13-15-29(16-14-28)23(17-25)24(26)22-12-11-20-9-5-6-10-21(20)27-22/h3,5-12,23,26H,1-2,4,13-16H2. The minimum absolute atomic E-state index is 0.267. The lowest BCUT2D eigenvalue weighted by Crippen LogP contribution is -2.52. The van der Waals surface area contributed by atoms with E-state index in [2.05, 4.69) is 45.7 Å². The number of hydrogen-bond acceptors (Lipinski definition) is 5. The van der Waals surface area contributed by atoms with Crippen molar-refractivity contribution in [3.63, 3.8) is 0 Å². The van der Waals surface area contributed by atoms with Gasteiger partial charge in [0.15, 0.2) is 0 Å². The van der Waals surface area contributed by atoms with Crippen LogP contribution in [-0.2, 0) is 0 Å². The highest BCUT2D eigenvalue weighted by Gasteiger charge is 2.29. The molecule has 29 heavy (non-hydrogen) atoms. The highest BCUT2D eigenvalue weighted by Crippen LogP contribution is 2.22. The number of para-hydroxylation sites is 1. The molecule has 2 heterocycles. The van der Waals surface area contributed by atoms with Crippen LogP contribution in [0.4, 0.5) is 0 Å². The quantitative estimate of drug-likeness (QED) is 0.795. The van der Waals surface area contributed by atoms with E-state index in [9.17, 15) is 5.26 Å². The van der Waals surface area contributed by atoms with Gasteiger partial charge in [-0.15, -0.1) is 0 Å². The molecule has 1 atom stereocenters. The van der Waals surface area contributed by atoms with E-state index >= 15 is 0 Å². The van der Waals surface area contributed by atoms with Crippen molar-refractivity contribution in [2.75, 3.05) is 26.2 Å². The van der Waals surface area contributed by atoms with Crippen molar-refractivity contribution >= 4 is 16.6 Å². The van der Waals surface area contributed by atoms with Crippen LogP contribution < -0.4 is 0 Å². The van der Waals surface area contributed by atoms with Crippen LogP contribution >= 0.6 is 0 Å². The molecule has 0 radical (unpaired) electrons. The van der Waals surface area contributed by atoms with Crippen LogP contribution in [0.2, 0.25) is 0 Å². The Bertz CT molecular complexity index is 1030. The van der Waals surface area contributed by atoms with Gasteiger partial charge in [0.1, 0.15) is 6.04 Å². The third-order valence-electron chi connectivity index (χ3n) is 5.66. The molecule has 1 fully saturated rings. The predicted octanol–water partition coefficient (Wildman–Crippen LogP) is 3.90. The number of pyridine rings is 1. The molecule has 5 heteroatoms. The van der Waals surface area contributed by atoms with Gasteiger partial charge in [-0.3, -0.25) is 4.90 Å². The summed E-state index contributed by atoms with van der Waals surface area (Å²) in [4.78, 5) is 8.96. The van der Waals surface area contributed by atoms with Crippen molar-refractivity contribution in [3.8, 4) is 6.07 Å². The molecule has 0 bridgehead atoms. The van der Waals surface area contributed by atoms with Crippen LogP contribution in [-0.4, -0.2) is 52.7 Å². The molecule has 2 aromatic rings. The Hall–Kier alpha value is -3.23. The number of benzene rings is 1. The van der Waals surface area contributed by atoms with Crippen molar-refractivity contribution in [2.24, 2.45) is 0 Å². The SMILES string of the molecule is C=C(C1=CCCC=C1)N1CCN(C(C#N)C(=N)c2ccc3ccccc3n2)CC1. The molecule has 0 amide bonds. The maximum absolute atomic E-state index is 9.79. The van der Waals surface area contributed by atoms with Crippen molar-refractivity contribution in [3.05, 3.63) is 78.2 Å². The van der Waals surface area contributed by atoms with Crippen molar-refractivity contribution < 1.29 is 0 Å². The molecular weight excluding hydrogens is 358 g/mol. The molecule has 4 rings (SSSR count). The molecular formula is C24H25N5. The van der Waals surface area contributed by atoms with E-state index in [1.165, 1.54) is 5.57 Å². The molecule has 5 nitrogen and oxygen atoms in total. The summed E-state index contributed by atoms with van der Waals surface area (Å²) in [7, 11) is 0. The van der Waals surface area contributed by atoms with E-state index in [-0.39, 0.29) is 5.71 Å². The Morgan fingerprint density at radius 1 is 1.10 bits per heavy atom. The zero-order valence-corrected chi connectivity index (χ0v) is 16.5. The molecule has 1 aromatic heterocycles. The van der Waals surface area contributed by atoms with Gasteiger partial charge in [-0.1, -0.05) is 49.1 Å². The first-order chi connectivity index (χ1) is 14.2. The van der Waals surface area contributed by atoms with E-state index < -0.39 is 6.04 Å². The summed E-state index contributed by atoms with van der Waals surface area (Å²) in [6, 6.07) is 13.4. The highest BCUT2D eigenvalue weighted by molar-refractivity contribution is 6.03. The second-order valence-electron chi connectivity index (χ2n) is 7.44. The highest BCUT2D eigenvalue weighted by atomic mass is 15.3. The monoisotopic (exact) mass is 383 g/mol. The summed E-state index contributed by atoms with van der Waals surface area (Å²) in [5.41, 5.74) is 3.94. The minimum atomic E-state index is -0.590. The number of nitriles is 1. The van der Waals surface area contributed by atoms with Gasteiger partial charge in [-0.2, -0.15) is 5.26 Å². The third kappa shape index (κ3) is 3.98. The van der Waals surface area contributed by atoms with Crippen LogP contribution in [0.25, 0.3) is 10.9 Å². The van der Waals surface area contributed by atoms with Crippen molar-refractivity contribution in [1.82, 2.24) is 14.8 Å². The van der Waals surface area contributed by atoms with E-state index in [0.717, 1.165) is 55.6 Å². The normalized spacial score (nSPS) is 18.2. The zero-order valence-electron chi connectivity index (χ0n) is 16.5. The number of nitrogens with one attached hydrogen (secondary N) is 1. The first-order valence-corrected chi connectivity index (χ1v) is 10.1. The second kappa shape index (κ2) is 8.42. The number of allylic oxidation sites excluding steroid dienone is 3. The molecule has 1 aromatic carbocycles. The molecule has 0 spiro atoms. The number of rotatable bonds is 5. The number of hydrogen-bond donors (Lipinski definition) is 1. The Labute approximate surface area is 171 Å². The third-order valence-corrected chi connectivity index (χ3v) is 5.66.